The highest BCUT2D eigenvalue weighted by Gasteiger charge is 1.94. The zero-order valence-electron chi connectivity index (χ0n) is 5.16. The predicted octanol–water partition coefficient (Wildman–Crippen LogP) is 1.10. The molecule has 1 aromatic rings. The minimum Gasteiger partial charge on any atom is -0.322 e. The van der Waals surface area contributed by atoms with Crippen molar-refractivity contribution in [2.75, 3.05) is 0 Å². The molecule has 52 valence electrons. The lowest BCUT2D eigenvalue weighted by Gasteiger charge is -1.92. The van der Waals surface area contributed by atoms with Crippen molar-refractivity contribution in [1.29, 1.82) is 0 Å². The highest BCUT2D eigenvalue weighted by Crippen LogP contribution is 2.03. The second-order valence-corrected chi connectivity index (χ2v) is 2.41. The van der Waals surface area contributed by atoms with Crippen molar-refractivity contribution in [1.82, 2.24) is 4.98 Å². The number of aromatic nitrogens is 1. The van der Waals surface area contributed by atoms with E-state index in [0.717, 1.165) is 5.56 Å². The molecule has 0 bridgehead atoms. The number of hydrazone groups is 1. The first kappa shape index (κ1) is 7.21. The molecule has 2 N–H and O–H groups in total. The molecule has 0 atom stereocenters. The lowest BCUT2D eigenvalue weighted by atomic mass is 10.3. The van der Waals surface area contributed by atoms with Crippen LogP contribution in [0.3, 0.4) is 0 Å². The van der Waals surface area contributed by atoms with E-state index < -0.39 is 0 Å². The Labute approximate surface area is 67.1 Å². The summed E-state index contributed by atoms with van der Waals surface area (Å²) in [6.45, 7) is 0. The maximum absolute atomic E-state index is 5.02. The molecule has 4 heteroatoms. The summed E-state index contributed by atoms with van der Waals surface area (Å²) in [5.41, 5.74) is 0.928. The Morgan fingerprint density at radius 2 is 2.10 bits per heavy atom. The average molecular weight is 200 g/mol. The summed E-state index contributed by atoms with van der Waals surface area (Å²) >= 11 is 3.18. The van der Waals surface area contributed by atoms with Gasteiger partial charge in [-0.05, 0) is 28.1 Å². The molecule has 0 aliphatic carbocycles. The third-order valence-electron chi connectivity index (χ3n) is 1.03. The summed E-state index contributed by atoms with van der Waals surface area (Å²) in [5.74, 6) is 5.02. The average Bonchev–Trinajstić information content (AvgIpc) is 2.05. The summed E-state index contributed by atoms with van der Waals surface area (Å²) in [7, 11) is 0. The molecule has 0 fully saturated rings. The molecule has 1 rings (SSSR count). The van der Waals surface area contributed by atoms with E-state index in [1.165, 1.54) is 0 Å². The van der Waals surface area contributed by atoms with Crippen LogP contribution >= 0.6 is 15.9 Å². The quantitative estimate of drug-likeness (QED) is 0.419. The fourth-order valence-electron chi connectivity index (χ4n) is 0.564. The Kier molecular flexibility index (Phi) is 2.39. The molecule has 0 aliphatic heterocycles. The first-order valence-corrected chi connectivity index (χ1v) is 3.47. The van der Waals surface area contributed by atoms with Gasteiger partial charge in [0.2, 0.25) is 0 Å². The number of nitrogens with zero attached hydrogens (tertiary/aromatic N) is 2. The van der Waals surface area contributed by atoms with Gasteiger partial charge in [-0.2, -0.15) is 5.10 Å². The zero-order chi connectivity index (χ0) is 7.40. The van der Waals surface area contributed by atoms with E-state index in [1.54, 1.807) is 12.4 Å². The molecule has 3 nitrogen and oxygen atoms in total. The molecule has 1 aromatic heterocycles. The summed E-state index contributed by atoms with van der Waals surface area (Å²) in [5, 5.41) is 3.46. The molecule has 0 aromatic carbocycles. The van der Waals surface area contributed by atoms with Crippen molar-refractivity contribution < 1.29 is 0 Å². The monoisotopic (exact) mass is 199 g/mol. The molecule has 0 unspecified atom stereocenters. The van der Waals surface area contributed by atoms with Gasteiger partial charge in [0.15, 0.2) is 0 Å². The maximum atomic E-state index is 5.02. The first-order valence-electron chi connectivity index (χ1n) is 2.68. The van der Waals surface area contributed by atoms with Crippen LogP contribution < -0.4 is 5.84 Å². The standard InChI is InChI=1S/C6H6BrN3/c7-6(10-8)5-1-3-9-4-2-5/h1-4H,8H2. The van der Waals surface area contributed by atoms with Crippen molar-refractivity contribution in [3.8, 4) is 0 Å². The van der Waals surface area contributed by atoms with E-state index in [1.807, 2.05) is 12.1 Å². The lowest BCUT2D eigenvalue weighted by Crippen LogP contribution is -1.94. The molecule has 0 saturated heterocycles. The normalized spacial score (nSPS) is 11.5. The number of hydrogen-bond donors (Lipinski definition) is 1. The van der Waals surface area contributed by atoms with Gasteiger partial charge < -0.3 is 5.84 Å². The van der Waals surface area contributed by atoms with Gasteiger partial charge in [-0.15, -0.1) is 0 Å². The summed E-state index contributed by atoms with van der Waals surface area (Å²) in [4.78, 5) is 3.85. The van der Waals surface area contributed by atoms with E-state index in [0.29, 0.717) is 4.62 Å². The molecule has 0 aliphatic rings. The Hall–Kier alpha value is -0.900. The minimum absolute atomic E-state index is 0.634. The maximum Gasteiger partial charge on any atom is 0.133 e. The largest absolute Gasteiger partial charge is 0.322 e. The van der Waals surface area contributed by atoms with Gasteiger partial charge >= 0.3 is 0 Å². The predicted molar refractivity (Wildman–Crippen MR) is 43.9 cm³/mol. The van der Waals surface area contributed by atoms with Crippen molar-refractivity contribution in [2.24, 2.45) is 10.9 Å². The Morgan fingerprint density at radius 3 is 2.60 bits per heavy atom. The number of hydrogen-bond acceptors (Lipinski definition) is 3. The molecule has 0 amide bonds. The molecular formula is C6H6BrN3. The van der Waals surface area contributed by atoms with Gasteiger partial charge in [0.25, 0.3) is 0 Å². The van der Waals surface area contributed by atoms with Crippen LogP contribution in [0.15, 0.2) is 29.6 Å². The van der Waals surface area contributed by atoms with Gasteiger partial charge in [-0.1, -0.05) is 0 Å². The van der Waals surface area contributed by atoms with Gasteiger partial charge in [-0.25, -0.2) is 0 Å². The molecule has 0 radical (unpaired) electrons. The van der Waals surface area contributed by atoms with Crippen LogP contribution in [-0.4, -0.2) is 9.60 Å². The number of halogens is 1. The van der Waals surface area contributed by atoms with Crippen molar-refractivity contribution in [3.63, 3.8) is 0 Å². The lowest BCUT2D eigenvalue weighted by molar-refractivity contribution is 1.25. The van der Waals surface area contributed by atoms with Gasteiger partial charge in [0.1, 0.15) is 4.62 Å². The molecule has 0 saturated carbocycles. The van der Waals surface area contributed by atoms with Crippen molar-refractivity contribution in [2.45, 2.75) is 0 Å². The number of nitrogens with two attached hydrogens (primary N) is 1. The SMILES string of the molecule is NN=C(Br)c1ccncc1. The fourth-order valence-corrected chi connectivity index (χ4v) is 0.828. The second-order valence-electron chi connectivity index (χ2n) is 1.66. The third kappa shape index (κ3) is 1.54. The Balaban J connectivity index is 2.96. The van der Waals surface area contributed by atoms with Gasteiger partial charge in [0, 0.05) is 18.0 Å². The van der Waals surface area contributed by atoms with E-state index in [4.69, 9.17) is 5.84 Å². The Morgan fingerprint density at radius 1 is 1.50 bits per heavy atom. The van der Waals surface area contributed by atoms with Crippen molar-refractivity contribution in [3.05, 3.63) is 30.1 Å². The van der Waals surface area contributed by atoms with Gasteiger partial charge in [-0.3, -0.25) is 4.98 Å². The zero-order valence-corrected chi connectivity index (χ0v) is 6.75. The van der Waals surface area contributed by atoms with Crippen LogP contribution in [0.4, 0.5) is 0 Å². The van der Waals surface area contributed by atoms with Gasteiger partial charge in [0.05, 0.1) is 0 Å². The fraction of sp³-hybridized carbons (Fsp3) is 0. The topological polar surface area (TPSA) is 51.3 Å². The van der Waals surface area contributed by atoms with Crippen LogP contribution in [0.1, 0.15) is 5.56 Å². The van der Waals surface area contributed by atoms with E-state index in [9.17, 15) is 0 Å². The van der Waals surface area contributed by atoms with E-state index >= 15 is 0 Å². The number of pyridine rings is 1. The van der Waals surface area contributed by atoms with Crippen LogP contribution in [0.25, 0.3) is 0 Å². The summed E-state index contributed by atoms with van der Waals surface area (Å²) in [6.07, 6.45) is 3.36. The highest BCUT2D eigenvalue weighted by atomic mass is 79.9. The van der Waals surface area contributed by atoms with Crippen LogP contribution in [0.5, 0.6) is 0 Å². The van der Waals surface area contributed by atoms with Crippen LogP contribution in [-0.2, 0) is 0 Å². The molecule has 10 heavy (non-hydrogen) atoms. The first-order chi connectivity index (χ1) is 4.84. The molecule has 0 spiro atoms. The van der Waals surface area contributed by atoms with Crippen molar-refractivity contribution >= 4 is 20.6 Å². The van der Waals surface area contributed by atoms with E-state index in [-0.39, 0.29) is 0 Å². The summed E-state index contributed by atoms with van der Waals surface area (Å²) < 4.78 is 0.634. The highest BCUT2D eigenvalue weighted by molar-refractivity contribution is 9.18. The third-order valence-corrected chi connectivity index (χ3v) is 1.69. The smallest absolute Gasteiger partial charge is 0.133 e. The second kappa shape index (κ2) is 3.31. The van der Waals surface area contributed by atoms with Crippen LogP contribution in [0, 0.1) is 0 Å². The minimum atomic E-state index is 0.634. The molecule has 1 heterocycles. The molecular weight excluding hydrogens is 194 g/mol. The van der Waals surface area contributed by atoms with E-state index in [2.05, 4.69) is 26.0 Å². The summed E-state index contributed by atoms with van der Waals surface area (Å²) in [6, 6.07) is 3.64. The Bertz CT molecular complexity index is 232. The van der Waals surface area contributed by atoms with Crippen LogP contribution in [0.2, 0.25) is 0 Å². The number of rotatable bonds is 1.